The third kappa shape index (κ3) is 10.2. The van der Waals surface area contributed by atoms with Crippen molar-refractivity contribution in [2.24, 2.45) is 0 Å². The fourth-order valence-corrected chi connectivity index (χ4v) is 13.6. The smallest absolute Gasteiger partial charge is 0.297 e. The number of benzene rings is 11. The number of nitrogens with zero attached hydrogens (tertiary/aromatic N) is 3. The van der Waals surface area contributed by atoms with Crippen LogP contribution in [0.2, 0.25) is 0 Å². The van der Waals surface area contributed by atoms with Crippen LogP contribution in [0.1, 0.15) is 105 Å². The van der Waals surface area contributed by atoms with E-state index in [2.05, 4.69) is 353 Å². The van der Waals surface area contributed by atoms with Gasteiger partial charge in [-0.25, -0.2) is 0 Å². The Morgan fingerprint density at radius 3 is 1.31 bits per heavy atom. The zero-order valence-electron chi connectivity index (χ0n) is 53.6. The number of hydrogen-bond donors (Lipinski definition) is 0. The predicted octanol–water partition coefficient (Wildman–Crippen LogP) is 21.8. The highest BCUT2D eigenvalue weighted by molar-refractivity contribution is 7.00. The number of hydrogen-bond acceptors (Lipinski definition) is 4. The van der Waals surface area contributed by atoms with Gasteiger partial charge in [0.25, 0.3) is 6.71 Å². The van der Waals surface area contributed by atoms with Crippen LogP contribution < -0.4 is 31.3 Å². The average Bonchev–Trinajstić information content (AvgIpc) is 1.67. The normalized spacial score (nSPS) is 13.1. The van der Waals surface area contributed by atoms with Crippen molar-refractivity contribution in [1.29, 1.82) is 0 Å². The van der Waals surface area contributed by atoms with Crippen molar-refractivity contribution in [3.8, 4) is 44.5 Å². The second kappa shape index (κ2) is 21.6. The standard InChI is InChI=1S/C84H78BN3O/c1-81(2,3)59-35-42-63(43-36-59)86(72-34-23-22-31-67(72)55-25-16-13-17-26-55)66-48-49-71-73(54-66)87(64-44-37-60(38-45-64)82(4,5)6)74-51-58(77-68(56-27-18-14-19-28-56)32-24-33-69(77)57-29-20-15-21-30-57)52-75-78(74)85(71)80-79(70-53-62(84(10,11)12)41-50-76(70)89-80)88(75)65-46-39-61(40-47-65)83(7,8)9/h13-54H,1-12H3. The van der Waals surface area contributed by atoms with E-state index in [0.717, 1.165) is 95.6 Å². The lowest BCUT2D eigenvalue weighted by Gasteiger charge is -2.43. The summed E-state index contributed by atoms with van der Waals surface area (Å²) in [6.45, 7) is 27.3. The lowest BCUT2D eigenvalue weighted by atomic mass is 9.35. The van der Waals surface area contributed by atoms with E-state index in [1.807, 2.05) is 0 Å². The first kappa shape index (κ1) is 57.2. The van der Waals surface area contributed by atoms with Gasteiger partial charge in [-0.15, -0.1) is 0 Å². The molecule has 12 aromatic rings. The van der Waals surface area contributed by atoms with Gasteiger partial charge in [0.05, 0.1) is 17.0 Å². The summed E-state index contributed by atoms with van der Waals surface area (Å²) >= 11 is 0. The predicted molar refractivity (Wildman–Crippen MR) is 381 cm³/mol. The first-order valence-electron chi connectivity index (χ1n) is 31.7. The fourth-order valence-electron chi connectivity index (χ4n) is 13.6. The van der Waals surface area contributed by atoms with Crippen LogP contribution in [0.3, 0.4) is 0 Å². The maximum absolute atomic E-state index is 7.61. The van der Waals surface area contributed by atoms with E-state index in [-0.39, 0.29) is 28.4 Å². The van der Waals surface area contributed by atoms with Crippen molar-refractivity contribution >= 4 is 85.5 Å². The summed E-state index contributed by atoms with van der Waals surface area (Å²) in [5.41, 5.74) is 28.0. The summed E-state index contributed by atoms with van der Waals surface area (Å²) in [5.74, 6) is 0. The molecule has 14 rings (SSSR count). The van der Waals surface area contributed by atoms with Gasteiger partial charge in [-0.05, 0) is 173 Å². The Morgan fingerprint density at radius 1 is 0.348 bits per heavy atom. The molecule has 1 aromatic heterocycles. The second-order valence-corrected chi connectivity index (χ2v) is 28.6. The van der Waals surface area contributed by atoms with Gasteiger partial charge in [-0.3, -0.25) is 0 Å². The summed E-state index contributed by atoms with van der Waals surface area (Å²) in [6, 6.07) is 95.5. The minimum atomic E-state index is -0.303. The monoisotopic (exact) mass is 1160 g/mol. The van der Waals surface area contributed by atoms with Crippen molar-refractivity contribution in [2.45, 2.75) is 105 Å². The van der Waals surface area contributed by atoms with Crippen molar-refractivity contribution in [3.05, 3.63) is 277 Å². The number of anilines is 9. The highest BCUT2D eigenvalue weighted by atomic mass is 16.3. The summed E-state index contributed by atoms with van der Waals surface area (Å²) in [6.07, 6.45) is 0. The molecule has 0 fully saturated rings. The molecule has 0 bridgehead atoms. The maximum Gasteiger partial charge on any atom is 0.297 e. The maximum atomic E-state index is 7.61. The van der Waals surface area contributed by atoms with E-state index in [0.29, 0.717) is 0 Å². The molecule has 89 heavy (non-hydrogen) atoms. The highest BCUT2D eigenvalue weighted by Crippen LogP contribution is 2.53. The lowest BCUT2D eigenvalue weighted by Crippen LogP contribution is -2.61. The van der Waals surface area contributed by atoms with Gasteiger partial charge in [-0.2, -0.15) is 0 Å². The van der Waals surface area contributed by atoms with Crippen molar-refractivity contribution in [1.82, 2.24) is 0 Å². The zero-order valence-corrected chi connectivity index (χ0v) is 53.6. The van der Waals surface area contributed by atoms with Crippen LogP contribution in [0.25, 0.3) is 55.5 Å². The van der Waals surface area contributed by atoms with Crippen molar-refractivity contribution < 1.29 is 4.42 Å². The zero-order chi connectivity index (χ0) is 61.7. The number of fused-ring (bicyclic) bond motifs is 6. The van der Waals surface area contributed by atoms with E-state index in [4.69, 9.17) is 4.42 Å². The fraction of sp³-hybridized carbons (Fsp3) is 0.190. The molecule has 3 heterocycles. The van der Waals surface area contributed by atoms with Crippen LogP contribution >= 0.6 is 0 Å². The Hall–Kier alpha value is -9.58. The van der Waals surface area contributed by atoms with Gasteiger partial charge < -0.3 is 19.1 Å². The van der Waals surface area contributed by atoms with Crippen molar-refractivity contribution in [2.75, 3.05) is 14.7 Å². The van der Waals surface area contributed by atoms with Crippen molar-refractivity contribution in [3.63, 3.8) is 0 Å². The van der Waals surface area contributed by atoms with Crippen LogP contribution in [0.15, 0.2) is 259 Å². The molecule has 0 unspecified atom stereocenters. The Kier molecular flexibility index (Phi) is 13.9. The van der Waals surface area contributed by atoms with Gasteiger partial charge in [-0.1, -0.05) is 259 Å². The summed E-state index contributed by atoms with van der Waals surface area (Å²) in [7, 11) is 0. The SMILES string of the molecule is CC(C)(C)c1ccc(N(c2ccc3c(c2)N(c2ccc(C(C)(C)C)cc2)c2cc(-c4c(-c5ccccc5)cccc4-c4ccccc4)cc4c2B3c2oc3ccc(C(C)(C)C)cc3c2N4c2ccc(C(C)(C)C)cc2)c2ccccc2-c2ccccc2)cc1. The third-order valence-corrected chi connectivity index (χ3v) is 18.5. The molecule has 4 nitrogen and oxygen atoms in total. The molecule has 0 saturated carbocycles. The molecule has 2 aliphatic heterocycles. The van der Waals surface area contributed by atoms with E-state index >= 15 is 0 Å². The van der Waals surface area contributed by atoms with Crippen LogP contribution in [0.4, 0.5) is 51.2 Å². The first-order valence-corrected chi connectivity index (χ1v) is 31.7. The molecule has 5 heteroatoms. The molecular weight excluding hydrogens is 1080 g/mol. The quantitative estimate of drug-likeness (QED) is 0.134. The lowest BCUT2D eigenvalue weighted by molar-refractivity contribution is 0.590. The largest absolute Gasteiger partial charge is 0.468 e. The number of furan rings is 1. The van der Waals surface area contributed by atoms with Gasteiger partial charge in [0.1, 0.15) is 5.58 Å². The molecule has 0 spiro atoms. The summed E-state index contributed by atoms with van der Waals surface area (Å²) < 4.78 is 7.61. The molecule has 11 aromatic carbocycles. The molecule has 2 aliphatic rings. The molecule has 0 aliphatic carbocycles. The molecule has 0 radical (unpaired) electrons. The molecule has 0 atom stereocenters. The Morgan fingerprint density at radius 2 is 0.787 bits per heavy atom. The first-order chi connectivity index (χ1) is 42.7. The van der Waals surface area contributed by atoms with E-state index in [9.17, 15) is 0 Å². The Labute approximate surface area is 527 Å². The molecular formula is C84H78BN3O. The van der Waals surface area contributed by atoms with Crippen LogP contribution in [-0.2, 0) is 21.7 Å². The topological polar surface area (TPSA) is 22.9 Å². The minimum absolute atomic E-state index is 0.0238. The molecule has 438 valence electrons. The van der Waals surface area contributed by atoms with Gasteiger partial charge in [0.15, 0.2) is 0 Å². The van der Waals surface area contributed by atoms with Crippen LogP contribution in [0.5, 0.6) is 0 Å². The van der Waals surface area contributed by atoms with Crippen LogP contribution in [0, 0.1) is 0 Å². The average molecular weight is 1160 g/mol. The molecule has 0 amide bonds. The molecule has 0 saturated heterocycles. The minimum Gasteiger partial charge on any atom is -0.468 e. The number of para-hydroxylation sites is 1. The summed E-state index contributed by atoms with van der Waals surface area (Å²) in [4.78, 5) is 7.60. The van der Waals surface area contributed by atoms with E-state index < -0.39 is 0 Å². The van der Waals surface area contributed by atoms with E-state index in [1.165, 1.54) is 49.9 Å². The van der Waals surface area contributed by atoms with Gasteiger partial charge in [0, 0.05) is 50.8 Å². The second-order valence-electron chi connectivity index (χ2n) is 28.6. The van der Waals surface area contributed by atoms with Gasteiger partial charge >= 0.3 is 0 Å². The third-order valence-electron chi connectivity index (χ3n) is 18.5. The van der Waals surface area contributed by atoms with E-state index in [1.54, 1.807) is 0 Å². The number of rotatable bonds is 9. The summed E-state index contributed by atoms with van der Waals surface area (Å²) in [5, 5.41) is 1.10. The van der Waals surface area contributed by atoms with Crippen LogP contribution in [-0.4, -0.2) is 6.71 Å². The Balaban J connectivity index is 1.13. The van der Waals surface area contributed by atoms with Gasteiger partial charge in [0.2, 0.25) is 0 Å². The Bertz CT molecular complexity index is 4560. The molecule has 0 N–H and O–H groups in total. The highest BCUT2D eigenvalue weighted by Gasteiger charge is 2.48.